The van der Waals surface area contributed by atoms with Crippen LogP contribution >= 0.6 is 0 Å². The van der Waals surface area contributed by atoms with E-state index in [2.05, 4.69) is 10.1 Å². The van der Waals surface area contributed by atoms with Crippen LogP contribution in [0, 0.1) is 11.8 Å². The van der Waals surface area contributed by atoms with Crippen LogP contribution in [0.2, 0.25) is 0 Å². The highest BCUT2D eigenvalue weighted by Crippen LogP contribution is 2.45. The molecule has 4 heteroatoms. The molecule has 1 aromatic heterocycles. The molecule has 0 aromatic carbocycles. The zero-order valence-corrected chi connectivity index (χ0v) is 11.7. The summed E-state index contributed by atoms with van der Waals surface area (Å²) in [6.07, 6.45) is 9.33. The molecule has 2 fully saturated rings. The maximum absolute atomic E-state index is 9.74. The molecular weight excluding hydrogens is 240 g/mol. The molecule has 0 saturated heterocycles. The van der Waals surface area contributed by atoms with E-state index in [1.807, 2.05) is 6.92 Å². The molecule has 4 atom stereocenters. The largest absolute Gasteiger partial charge is 0.385 e. The number of hydrogen-bond donors (Lipinski definition) is 1. The van der Waals surface area contributed by atoms with Crippen molar-refractivity contribution in [2.24, 2.45) is 11.8 Å². The van der Waals surface area contributed by atoms with Gasteiger partial charge < -0.3 is 9.63 Å². The van der Waals surface area contributed by atoms with Crippen molar-refractivity contribution in [2.75, 3.05) is 0 Å². The molecule has 2 saturated carbocycles. The molecule has 3 rings (SSSR count). The summed E-state index contributed by atoms with van der Waals surface area (Å²) < 4.78 is 5.39. The minimum absolute atomic E-state index is 0.421. The summed E-state index contributed by atoms with van der Waals surface area (Å²) in [4.78, 5) is 4.41. The van der Waals surface area contributed by atoms with E-state index in [4.69, 9.17) is 4.52 Å². The van der Waals surface area contributed by atoms with Crippen LogP contribution < -0.4 is 0 Å². The number of aromatic nitrogens is 2. The summed E-state index contributed by atoms with van der Waals surface area (Å²) in [5.74, 6) is 3.44. The highest BCUT2D eigenvalue weighted by atomic mass is 16.5. The fourth-order valence-corrected chi connectivity index (χ4v) is 3.83. The van der Waals surface area contributed by atoms with E-state index in [-0.39, 0.29) is 0 Å². The third-order valence-corrected chi connectivity index (χ3v) is 5.03. The fraction of sp³-hybridized carbons (Fsp3) is 0.867. The highest BCUT2D eigenvalue weighted by Gasteiger charge is 2.35. The van der Waals surface area contributed by atoms with Gasteiger partial charge in [0.25, 0.3) is 0 Å². The molecule has 2 aliphatic rings. The molecule has 0 spiro atoms. The normalized spacial score (nSPS) is 32.8. The lowest BCUT2D eigenvalue weighted by atomic mass is 9.67. The molecule has 4 unspecified atom stereocenters. The lowest BCUT2D eigenvalue weighted by molar-refractivity contribution is 0.142. The first kappa shape index (κ1) is 13.1. The average Bonchev–Trinajstić information content (AvgIpc) is 2.95. The predicted octanol–water partition coefficient (Wildman–Crippen LogP) is 3.59. The van der Waals surface area contributed by atoms with Crippen molar-refractivity contribution in [3.8, 4) is 0 Å². The summed E-state index contributed by atoms with van der Waals surface area (Å²) in [5, 5.41) is 13.7. The Kier molecular flexibility index (Phi) is 3.87. The van der Waals surface area contributed by atoms with Crippen molar-refractivity contribution < 1.29 is 9.63 Å². The number of nitrogens with zero attached hydrogens (tertiary/aromatic N) is 2. The SMILES string of the molecule is CCC(O)c1noc(C2CCC3CCCCC3C2)n1. The molecule has 0 amide bonds. The Morgan fingerprint density at radius 1 is 1.21 bits per heavy atom. The first-order valence-electron chi connectivity index (χ1n) is 7.79. The molecule has 0 aliphatic heterocycles. The molecular formula is C15H24N2O2. The summed E-state index contributed by atoms with van der Waals surface area (Å²) in [6, 6.07) is 0. The molecule has 2 aliphatic carbocycles. The first-order chi connectivity index (χ1) is 9.28. The van der Waals surface area contributed by atoms with Gasteiger partial charge >= 0.3 is 0 Å². The number of fused-ring (bicyclic) bond motifs is 1. The Morgan fingerprint density at radius 3 is 2.79 bits per heavy atom. The average molecular weight is 264 g/mol. The van der Waals surface area contributed by atoms with Gasteiger partial charge in [-0.3, -0.25) is 0 Å². The van der Waals surface area contributed by atoms with E-state index in [1.54, 1.807) is 0 Å². The van der Waals surface area contributed by atoms with Crippen LogP contribution in [-0.4, -0.2) is 15.2 Å². The predicted molar refractivity (Wildman–Crippen MR) is 71.6 cm³/mol. The van der Waals surface area contributed by atoms with Crippen LogP contribution in [0.25, 0.3) is 0 Å². The number of rotatable bonds is 3. The Balaban J connectivity index is 1.67. The first-order valence-corrected chi connectivity index (χ1v) is 7.79. The van der Waals surface area contributed by atoms with Gasteiger partial charge in [0.15, 0.2) is 5.82 Å². The standard InChI is InChI=1S/C15H24N2O2/c1-2-13(18)14-16-15(19-17-14)12-8-7-10-5-3-4-6-11(10)9-12/h10-13,18H,2-9H2,1H3. The smallest absolute Gasteiger partial charge is 0.229 e. The van der Waals surface area contributed by atoms with Crippen LogP contribution in [0.4, 0.5) is 0 Å². The number of aliphatic hydroxyl groups is 1. The summed E-state index contributed by atoms with van der Waals surface area (Å²) in [6.45, 7) is 1.92. The molecule has 4 nitrogen and oxygen atoms in total. The van der Waals surface area contributed by atoms with E-state index in [0.29, 0.717) is 18.2 Å². The van der Waals surface area contributed by atoms with Gasteiger partial charge in [-0.15, -0.1) is 0 Å². The molecule has 1 N–H and O–H groups in total. The Labute approximate surface area is 114 Å². The van der Waals surface area contributed by atoms with Crippen molar-refractivity contribution in [1.82, 2.24) is 10.1 Å². The van der Waals surface area contributed by atoms with Gasteiger partial charge in [-0.2, -0.15) is 4.98 Å². The quantitative estimate of drug-likeness (QED) is 0.906. The van der Waals surface area contributed by atoms with Crippen LogP contribution in [0.15, 0.2) is 4.52 Å². The summed E-state index contributed by atoms with van der Waals surface area (Å²) >= 11 is 0. The topological polar surface area (TPSA) is 59.2 Å². The second-order valence-electron chi connectivity index (χ2n) is 6.23. The highest BCUT2D eigenvalue weighted by molar-refractivity contribution is 5.00. The summed E-state index contributed by atoms with van der Waals surface area (Å²) in [5.41, 5.74) is 0. The van der Waals surface area contributed by atoms with Gasteiger partial charge in [-0.1, -0.05) is 37.8 Å². The van der Waals surface area contributed by atoms with Gasteiger partial charge in [0.2, 0.25) is 5.89 Å². The van der Waals surface area contributed by atoms with Gasteiger partial charge in [0.1, 0.15) is 6.10 Å². The third-order valence-electron chi connectivity index (χ3n) is 5.03. The van der Waals surface area contributed by atoms with Gasteiger partial charge in [0, 0.05) is 5.92 Å². The van der Waals surface area contributed by atoms with Crippen molar-refractivity contribution in [3.05, 3.63) is 11.7 Å². The molecule has 1 heterocycles. The van der Waals surface area contributed by atoms with Crippen LogP contribution in [-0.2, 0) is 0 Å². The zero-order chi connectivity index (χ0) is 13.2. The van der Waals surface area contributed by atoms with E-state index in [9.17, 15) is 5.11 Å². The van der Waals surface area contributed by atoms with Crippen molar-refractivity contribution in [2.45, 2.75) is 70.3 Å². The van der Waals surface area contributed by atoms with Gasteiger partial charge in [0.05, 0.1) is 0 Å². The van der Waals surface area contributed by atoms with E-state index < -0.39 is 6.10 Å². The monoisotopic (exact) mass is 264 g/mol. The second-order valence-corrected chi connectivity index (χ2v) is 6.23. The molecule has 0 radical (unpaired) electrons. The molecule has 19 heavy (non-hydrogen) atoms. The van der Waals surface area contributed by atoms with E-state index >= 15 is 0 Å². The maximum atomic E-state index is 9.74. The molecule has 106 valence electrons. The van der Waals surface area contributed by atoms with Crippen molar-refractivity contribution >= 4 is 0 Å². The third kappa shape index (κ3) is 2.69. The van der Waals surface area contributed by atoms with E-state index in [1.165, 1.54) is 44.9 Å². The summed E-state index contributed by atoms with van der Waals surface area (Å²) in [7, 11) is 0. The van der Waals surface area contributed by atoms with Crippen LogP contribution in [0.3, 0.4) is 0 Å². The van der Waals surface area contributed by atoms with E-state index in [0.717, 1.165) is 17.7 Å². The van der Waals surface area contributed by atoms with Crippen molar-refractivity contribution in [3.63, 3.8) is 0 Å². The molecule has 0 bridgehead atoms. The lowest BCUT2D eigenvalue weighted by Crippen LogP contribution is -2.27. The van der Waals surface area contributed by atoms with Gasteiger partial charge in [-0.05, 0) is 37.5 Å². The zero-order valence-electron chi connectivity index (χ0n) is 11.7. The second kappa shape index (κ2) is 5.61. The Hall–Kier alpha value is -0.900. The Morgan fingerprint density at radius 2 is 2.00 bits per heavy atom. The minimum atomic E-state index is -0.580. The fourth-order valence-electron chi connectivity index (χ4n) is 3.83. The Bertz CT molecular complexity index is 418. The van der Waals surface area contributed by atoms with Crippen LogP contribution in [0.1, 0.15) is 82.0 Å². The minimum Gasteiger partial charge on any atom is -0.385 e. The van der Waals surface area contributed by atoms with Gasteiger partial charge in [-0.25, -0.2) is 0 Å². The number of hydrogen-bond acceptors (Lipinski definition) is 4. The van der Waals surface area contributed by atoms with Crippen molar-refractivity contribution in [1.29, 1.82) is 0 Å². The molecule has 1 aromatic rings. The van der Waals surface area contributed by atoms with Crippen LogP contribution in [0.5, 0.6) is 0 Å². The number of aliphatic hydroxyl groups excluding tert-OH is 1. The lowest BCUT2D eigenvalue weighted by Gasteiger charge is -2.38. The maximum Gasteiger partial charge on any atom is 0.229 e.